The Morgan fingerprint density at radius 1 is 0.941 bits per heavy atom. The first kappa shape index (κ1) is 23.3. The third-order valence-corrected chi connectivity index (χ3v) is 5.92. The zero-order chi connectivity index (χ0) is 24.4. The van der Waals surface area contributed by atoms with Crippen molar-refractivity contribution in [3.63, 3.8) is 0 Å². The number of halogens is 1. The summed E-state index contributed by atoms with van der Waals surface area (Å²) in [6.45, 7) is 5.82. The first-order valence-electron chi connectivity index (χ1n) is 10.8. The van der Waals surface area contributed by atoms with Crippen LogP contribution in [0, 0.1) is 13.8 Å². The molecule has 0 bridgehead atoms. The van der Waals surface area contributed by atoms with Crippen LogP contribution in [0.25, 0.3) is 0 Å². The summed E-state index contributed by atoms with van der Waals surface area (Å²) in [6.07, 6.45) is 0.849. The molecule has 1 heterocycles. The molecular weight excluding hydrogens is 452 g/mol. The first-order chi connectivity index (χ1) is 16.3. The van der Waals surface area contributed by atoms with Crippen molar-refractivity contribution in [2.75, 3.05) is 10.2 Å². The smallest absolute Gasteiger partial charge is 0.343 e. The highest BCUT2D eigenvalue weighted by molar-refractivity contribution is 6.53. The lowest BCUT2D eigenvalue weighted by atomic mass is 10.1. The Morgan fingerprint density at radius 2 is 1.62 bits per heavy atom. The molecule has 3 aromatic rings. The van der Waals surface area contributed by atoms with Crippen LogP contribution in [0.4, 0.5) is 11.4 Å². The van der Waals surface area contributed by atoms with Gasteiger partial charge in [-0.3, -0.25) is 9.59 Å². The molecule has 4 rings (SSSR count). The Hall–Kier alpha value is -3.90. The number of carbonyl (C=O) groups excluding carboxylic acids is 3. The van der Waals surface area contributed by atoms with Crippen LogP contribution in [0.2, 0.25) is 0 Å². The van der Waals surface area contributed by atoms with Crippen LogP contribution >= 0.6 is 11.6 Å². The highest BCUT2D eigenvalue weighted by Crippen LogP contribution is 2.30. The van der Waals surface area contributed by atoms with Crippen molar-refractivity contribution < 1.29 is 19.1 Å². The Labute approximate surface area is 202 Å². The maximum absolute atomic E-state index is 12.9. The summed E-state index contributed by atoms with van der Waals surface area (Å²) in [6, 6.07) is 19.2. The molecule has 0 spiro atoms. The molecule has 1 aliphatic heterocycles. The molecule has 1 aliphatic rings. The minimum Gasteiger partial charge on any atom is -0.423 e. The molecule has 0 aliphatic carbocycles. The van der Waals surface area contributed by atoms with Gasteiger partial charge in [0.15, 0.2) is 0 Å². The molecule has 0 unspecified atom stereocenters. The number of imide groups is 1. The van der Waals surface area contributed by atoms with E-state index in [1.165, 1.54) is 0 Å². The molecular formula is C27H23ClN2O4. The first-order valence-corrected chi connectivity index (χ1v) is 11.2. The van der Waals surface area contributed by atoms with Crippen LogP contribution in [0.15, 0.2) is 77.5 Å². The zero-order valence-corrected chi connectivity index (χ0v) is 19.8. The van der Waals surface area contributed by atoms with E-state index in [9.17, 15) is 14.4 Å². The predicted octanol–water partition coefficient (Wildman–Crippen LogP) is 5.52. The molecule has 3 aromatic carbocycles. The van der Waals surface area contributed by atoms with Gasteiger partial charge in [0.2, 0.25) is 0 Å². The number of hydrogen-bond donors (Lipinski definition) is 1. The molecule has 0 saturated carbocycles. The van der Waals surface area contributed by atoms with Crippen molar-refractivity contribution in [3.8, 4) is 5.75 Å². The van der Waals surface area contributed by atoms with E-state index < -0.39 is 17.8 Å². The summed E-state index contributed by atoms with van der Waals surface area (Å²) in [5.41, 5.74) is 4.22. The van der Waals surface area contributed by atoms with Crippen molar-refractivity contribution in [3.05, 3.63) is 99.7 Å². The SMILES string of the molecule is CCc1ccc(N2C(=O)C(Cl)=C(Nc3ccc(C(=O)Oc4cc(C)ccc4C)cc3)C2=O)cc1. The monoisotopic (exact) mass is 474 g/mol. The van der Waals surface area contributed by atoms with E-state index in [-0.39, 0.29) is 10.7 Å². The molecule has 2 amide bonds. The number of ether oxygens (including phenoxy) is 1. The van der Waals surface area contributed by atoms with Crippen molar-refractivity contribution in [1.82, 2.24) is 0 Å². The number of benzene rings is 3. The lowest BCUT2D eigenvalue weighted by Crippen LogP contribution is -2.32. The van der Waals surface area contributed by atoms with Crippen LogP contribution in [0.1, 0.15) is 34.0 Å². The minimum absolute atomic E-state index is 0.0167. The van der Waals surface area contributed by atoms with Gasteiger partial charge in [-0.25, -0.2) is 9.69 Å². The number of rotatable bonds is 6. The van der Waals surface area contributed by atoms with Crippen LogP contribution in [-0.4, -0.2) is 17.8 Å². The maximum atomic E-state index is 12.9. The minimum atomic E-state index is -0.591. The van der Waals surface area contributed by atoms with Crippen LogP contribution < -0.4 is 15.0 Å². The Kier molecular flexibility index (Phi) is 6.52. The van der Waals surface area contributed by atoms with Gasteiger partial charge in [-0.2, -0.15) is 0 Å². The van der Waals surface area contributed by atoms with Crippen LogP contribution in [-0.2, 0) is 16.0 Å². The van der Waals surface area contributed by atoms with E-state index in [0.717, 1.165) is 28.0 Å². The van der Waals surface area contributed by atoms with Gasteiger partial charge < -0.3 is 10.1 Å². The van der Waals surface area contributed by atoms with Crippen molar-refractivity contribution in [2.45, 2.75) is 27.2 Å². The van der Waals surface area contributed by atoms with Gasteiger partial charge >= 0.3 is 5.97 Å². The zero-order valence-electron chi connectivity index (χ0n) is 19.0. The fourth-order valence-corrected chi connectivity index (χ4v) is 3.75. The number of aryl methyl sites for hydroxylation is 3. The lowest BCUT2D eigenvalue weighted by molar-refractivity contribution is -0.120. The molecule has 0 fully saturated rings. The standard InChI is InChI=1S/C27H23ClN2O4/c1-4-18-7-13-21(14-8-18)30-25(31)23(28)24(26(30)32)29-20-11-9-19(10-12-20)27(33)34-22-15-16(2)5-6-17(22)3/h5-15,29H,4H2,1-3H3. The van der Waals surface area contributed by atoms with Gasteiger partial charge in [0, 0.05) is 5.69 Å². The van der Waals surface area contributed by atoms with Crippen molar-refractivity contribution in [2.24, 2.45) is 0 Å². The number of nitrogens with one attached hydrogen (secondary N) is 1. The highest BCUT2D eigenvalue weighted by atomic mass is 35.5. The van der Waals surface area contributed by atoms with E-state index in [0.29, 0.717) is 22.7 Å². The molecule has 0 atom stereocenters. The largest absolute Gasteiger partial charge is 0.423 e. The van der Waals surface area contributed by atoms with Gasteiger partial charge in [-0.05, 0) is 79.4 Å². The average molecular weight is 475 g/mol. The number of amides is 2. The summed E-state index contributed by atoms with van der Waals surface area (Å²) < 4.78 is 5.52. The summed E-state index contributed by atoms with van der Waals surface area (Å²) in [7, 11) is 0. The Balaban J connectivity index is 1.48. The third-order valence-electron chi connectivity index (χ3n) is 5.57. The number of anilines is 2. The number of hydrogen-bond acceptors (Lipinski definition) is 5. The van der Waals surface area contributed by atoms with E-state index >= 15 is 0 Å². The molecule has 6 nitrogen and oxygen atoms in total. The normalized spacial score (nSPS) is 13.5. The average Bonchev–Trinajstić information content (AvgIpc) is 3.05. The Bertz CT molecular complexity index is 1310. The summed E-state index contributed by atoms with van der Waals surface area (Å²) in [5.74, 6) is -1.12. The Morgan fingerprint density at radius 3 is 2.26 bits per heavy atom. The van der Waals surface area contributed by atoms with Gasteiger partial charge in [-0.1, -0.05) is 42.8 Å². The summed E-state index contributed by atoms with van der Waals surface area (Å²) in [4.78, 5) is 39.2. The fraction of sp³-hybridized carbons (Fsp3) is 0.148. The quantitative estimate of drug-likeness (QED) is 0.289. The molecule has 172 valence electrons. The number of esters is 1. The van der Waals surface area contributed by atoms with Gasteiger partial charge in [-0.15, -0.1) is 0 Å². The van der Waals surface area contributed by atoms with E-state index in [1.807, 2.05) is 51.1 Å². The number of carbonyl (C=O) groups is 3. The number of nitrogens with zero attached hydrogens (tertiary/aromatic N) is 1. The molecule has 0 aromatic heterocycles. The second-order valence-electron chi connectivity index (χ2n) is 8.02. The predicted molar refractivity (Wildman–Crippen MR) is 132 cm³/mol. The summed E-state index contributed by atoms with van der Waals surface area (Å²) in [5, 5.41) is 2.72. The second-order valence-corrected chi connectivity index (χ2v) is 8.39. The second kappa shape index (κ2) is 9.53. The van der Waals surface area contributed by atoms with E-state index in [4.69, 9.17) is 16.3 Å². The lowest BCUT2D eigenvalue weighted by Gasteiger charge is -2.15. The third kappa shape index (κ3) is 4.58. The molecule has 1 N–H and O–H groups in total. The maximum Gasteiger partial charge on any atom is 0.343 e. The molecule has 0 radical (unpaired) electrons. The fourth-order valence-electron chi connectivity index (χ4n) is 3.54. The summed E-state index contributed by atoms with van der Waals surface area (Å²) >= 11 is 6.21. The van der Waals surface area contributed by atoms with Crippen molar-refractivity contribution in [1.29, 1.82) is 0 Å². The van der Waals surface area contributed by atoms with Gasteiger partial charge in [0.05, 0.1) is 11.3 Å². The molecule has 0 saturated heterocycles. The van der Waals surface area contributed by atoms with Crippen LogP contribution in [0.3, 0.4) is 0 Å². The van der Waals surface area contributed by atoms with Gasteiger partial charge in [0.25, 0.3) is 11.8 Å². The highest BCUT2D eigenvalue weighted by Gasteiger charge is 2.38. The van der Waals surface area contributed by atoms with E-state index in [1.54, 1.807) is 36.4 Å². The van der Waals surface area contributed by atoms with Crippen LogP contribution in [0.5, 0.6) is 5.75 Å². The van der Waals surface area contributed by atoms with E-state index in [2.05, 4.69) is 5.32 Å². The van der Waals surface area contributed by atoms with Gasteiger partial charge in [0.1, 0.15) is 16.5 Å². The molecule has 34 heavy (non-hydrogen) atoms. The molecule has 7 heteroatoms. The van der Waals surface area contributed by atoms with Crippen molar-refractivity contribution >= 4 is 40.8 Å². The topological polar surface area (TPSA) is 75.7 Å².